The van der Waals surface area contributed by atoms with E-state index in [1.54, 1.807) is 0 Å². The molecular weight excluding hydrogens is 168 g/mol. The molecule has 3 heteroatoms. The maximum atomic E-state index is 9.27. The van der Waals surface area contributed by atoms with Gasteiger partial charge in [0, 0.05) is 0 Å². The maximum absolute atomic E-state index is 9.27. The van der Waals surface area contributed by atoms with E-state index in [-0.39, 0.29) is 18.3 Å². The molecule has 1 aliphatic carbocycles. The van der Waals surface area contributed by atoms with E-state index in [1.807, 2.05) is 6.92 Å². The molecule has 0 bridgehead atoms. The Morgan fingerprint density at radius 1 is 1.31 bits per heavy atom. The van der Waals surface area contributed by atoms with Gasteiger partial charge >= 0.3 is 0 Å². The minimum Gasteiger partial charge on any atom is -0.393 e. The first kappa shape index (κ1) is 11.0. The van der Waals surface area contributed by atoms with E-state index in [1.165, 1.54) is 0 Å². The van der Waals surface area contributed by atoms with Crippen LogP contribution in [-0.2, 0) is 4.74 Å². The van der Waals surface area contributed by atoms with Gasteiger partial charge in [0.2, 0.25) is 0 Å². The lowest BCUT2D eigenvalue weighted by atomic mass is 9.95. The van der Waals surface area contributed by atoms with E-state index in [2.05, 4.69) is 0 Å². The molecule has 0 aromatic rings. The van der Waals surface area contributed by atoms with Gasteiger partial charge in [0.05, 0.1) is 24.9 Å². The monoisotopic (exact) mass is 188 g/mol. The Morgan fingerprint density at radius 3 is 2.46 bits per heavy atom. The fourth-order valence-electron chi connectivity index (χ4n) is 1.58. The molecule has 0 amide bonds. The Morgan fingerprint density at radius 2 is 1.92 bits per heavy atom. The number of hydrogen-bond acceptors (Lipinski definition) is 3. The molecule has 0 saturated heterocycles. The van der Waals surface area contributed by atoms with Crippen LogP contribution in [0.2, 0.25) is 0 Å². The summed E-state index contributed by atoms with van der Waals surface area (Å²) < 4.78 is 5.52. The second-order valence-corrected chi connectivity index (χ2v) is 3.83. The van der Waals surface area contributed by atoms with Gasteiger partial charge in [0.15, 0.2) is 0 Å². The second-order valence-electron chi connectivity index (χ2n) is 3.83. The normalized spacial score (nSPS) is 31.6. The molecule has 0 aliphatic heterocycles. The topological polar surface area (TPSA) is 49.7 Å². The molecular formula is C10H20O3. The summed E-state index contributed by atoms with van der Waals surface area (Å²) in [6.45, 7) is 2.38. The highest BCUT2D eigenvalue weighted by Crippen LogP contribution is 2.21. The summed E-state index contributed by atoms with van der Waals surface area (Å²) in [4.78, 5) is 0. The van der Waals surface area contributed by atoms with Crippen molar-refractivity contribution in [3.63, 3.8) is 0 Å². The quantitative estimate of drug-likeness (QED) is 0.694. The number of aliphatic hydroxyl groups is 2. The van der Waals surface area contributed by atoms with E-state index in [0.29, 0.717) is 6.61 Å². The first-order chi connectivity index (χ1) is 6.22. The van der Waals surface area contributed by atoms with Gasteiger partial charge in [-0.25, -0.2) is 0 Å². The summed E-state index contributed by atoms with van der Waals surface area (Å²) in [5, 5.41) is 18.5. The summed E-state index contributed by atoms with van der Waals surface area (Å²) in [6, 6.07) is 0. The van der Waals surface area contributed by atoms with Gasteiger partial charge in [-0.1, -0.05) is 6.92 Å². The molecule has 1 fully saturated rings. The molecule has 1 rings (SSSR count). The van der Waals surface area contributed by atoms with Crippen molar-refractivity contribution in [3.05, 3.63) is 0 Å². The predicted molar refractivity (Wildman–Crippen MR) is 50.5 cm³/mol. The molecule has 0 heterocycles. The molecule has 0 spiro atoms. The van der Waals surface area contributed by atoms with Crippen molar-refractivity contribution in [1.29, 1.82) is 0 Å². The van der Waals surface area contributed by atoms with Crippen molar-refractivity contribution in [3.8, 4) is 0 Å². The van der Waals surface area contributed by atoms with Crippen LogP contribution >= 0.6 is 0 Å². The predicted octanol–water partition coefficient (Wildman–Crippen LogP) is 1.08. The summed E-state index contributed by atoms with van der Waals surface area (Å²) in [5.41, 5.74) is 0. The van der Waals surface area contributed by atoms with Gasteiger partial charge in [0.25, 0.3) is 0 Å². The lowest BCUT2D eigenvalue weighted by molar-refractivity contribution is -0.0403. The standard InChI is InChI=1S/C10H20O3/c1-2-8(11)7-13-10-5-3-9(12)4-6-10/h8-12H,2-7H2,1H3. The average molecular weight is 188 g/mol. The molecule has 78 valence electrons. The molecule has 2 N–H and O–H groups in total. The molecule has 3 nitrogen and oxygen atoms in total. The van der Waals surface area contributed by atoms with Gasteiger partial charge < -0.3 is 14.9 Å². The van der Waals surface area contributed by atoms with Crippen LogP contribution in [0.4, 0.5) is 0 Å². The minimum atomic E-state index is -0.327. The lowest BCUT2D eigenvalue weighted by Crippen LogP contribution is -2.27. The van der Waals surface area contributed by atoms with E-state index in [0.717, 1.165) is 32.1 Å². The molecule has 13 heavy (non-hydrogen) atoms. The summed E-state index contributed by atoms with van der Waals surface area (Å²) in [5.74, 6) is 0. The van der Waals surface area contributed by atoms with Crippen LogP contribution in [0.3, 0.4) is 0 Å². The van der Waals surface area contributed by atoms with Crippen LogP contribution < -0.4 is 0 Å². The smallest absolute Gasteiger partial charge is 0.0771 e. The van der Waals surface area contributed by atoms with Crippen LogP contribution in [-0.4, -0.2) is 35.1 Å². The van der Waals surface area contributed by atoms with Gasteiger partial charge in [-0.05, 0) is 32.1 Å². The van der Waals surface area contributed by atoms with Crippen LogP contribution in [0.15, 0.2) is 0 Å². The molecule has 0 radical (unpaired) electrons. The molecule has 1 atom stereocenters. The van der Waals surface area contributed by atoms with Gasteiger partial charge in [0.1, 0.15) is 0 Å². The summed E-state index contributed by atoms with van der Waals surface area (Å²) >= 11 is 0. The third-order valence-electron chi connectivity index (χ3n) is 2.64. The van der Waals surface area contributed by atoms with Crippen LogP contribution in [0.25, 0.3) is 0 Å². The average Bonchev–Trinajstić information content (AvgIpc) is 2.16. The largest absolute Gasteiger partial charge is 0.393 e. The molecule has 1 aliphatic rings. The lowest BCUT2D eigenvalue weighted by Gasteiger charge is -2.26. The Hall–Kier alpha value is -0.120. The Kier molecular flexibility index (Phi) is 4.70. The van der Waals surface area contributed by atoms with Crippen LogP contribution in [0.1, 0.15) is 39.0 Å². The van der Waals surface area contributed by atoms with Gasteiger partial charge in [-0.2, -0.15) is 0 Å². The number of aliphatic hydroxyl groups excluding tert-OH is 2. The zero-order chi connectivity index (χ0) is 9.68. The van der Waals surface area contributed by atoms with Crippen molar-refractivity contribution in [2.24, 2.45) is 0 Å². The zero-order valence-corrected chi connectivity index (χ0v) is 8.28. The number of hydrogen-bond donors (Lipinski definition) is 2. The maximum Gasteiger partial charge on any atom is 0.0771 e. The highest BCUT2D eigenvalue weighted by molar-refractivity contribution is 4.71. The first-order valence-electron chi connectivity index (χ1n) is 5.20. The van der Waals surface area contributed by atoms with Crippen molar-refractivity contribution >= 4 is 0 Å². The SMILES string of the molecule is CCC(O)COC1CCC(O)CC1. The first-order valence-corrected chi connectivity index (χ1v) is 5.20. The van der Waals surface area contributed by atoms with E-state index >= 15 is 0 Å². The fraction of sp³-hybridized carbons (Fsp3) is 1.00. The third kappa shape index (κ3) is 4.07. The highest BCUT2D eigenvalue weighted by atomic mass is 16.5. The summed E-state index contributed by atoms with van der Waals surface area (Å²) in [6.07, 6.45) is 4.08. The van der Waals surface area contributed by atoms with E-state index < -0.39 is 0 Å². The van der Waals surface area contributed by atoms with Gasteiger partial charge in [-0.15, -0.1) is 0 Å². The van der Waals surface area contributed by atoms with Crippen LogP contribution in [0, 0.1) is 0 Å². The highest BCUT2D eigenvalue weighted by Gasteiger charge is 2.20. The Labute approximate surface area is 79.7 Å². The van der Waals surface area contributed by atoms with Crippen molar-refractivity contribution in [2.45, 2.75) is 57.3 Å². The Balaban J connectivity index is 2.08. The molecule has 0 aromatic heterocycles. The zero-order valence-electron chi connectivity index (χ0n) is 8.28. The summed E-state index contributed by atoms with van der Waals surface area (Å²) in [7, 11) is 0. The molecule has 1 saturated carbocycles. The number of rotatable bonds is 4. The molecule has 0 aromatic carbocycles. The van der Waals surface area contributed by atoms with Crippen molar-refractivity contribution in [2.75, 3.05) is 6.61 Å². The Bertz CT molecular complexity index is 130. The van der Waals surface area contributed by atoms with Crippen molar-refractivity contribution in [1.82, 2.24) is 0 Å². The number of ether oxygens (including phenoxy) is 1. The van der Waals surface area contributed by atoms with Crippen LogP contribution in [0.5, 0.6) is 0 Å². The van der Waals surface area contributed by atoms with E-state index in [4.69, 9.17) is 4.74 Å². The van der Waals surface area contributed by atoms with Crippen molar-refractivity contribution < 1.29 is 14.9 Å². The third-order valence-corrected chi connectivity index (χ3v) is 2.64. The van der Waals surface area contributed by atoms with Gasteiger partial charge in [-0.3, -0.25) is 0 Å². The second kappa shape index (κ2) is 5.58. The van der Waals surface area contributed by atoms with E-state index in [9.17, 15) is 10.2 Å². The fourth-order valence-corrected chi connectivity index (χ4v) is 1.58. The molecule has 1 unspecified atom stereocenters. The minimum absolute atomic E-state index is 0.129.